The summed E-state index contributed by atoms with van der Waals surface area (Å²) in [6.45, 7) is 2.51. The van der Waals surface area contributed by atoms with Gasteiger partial charge in [0.15, 0.2) is 5.12 Å². The van der Waals surface area contributed by atoms with Crippen molar-refractivity contribution in [2.75, 3.05) is 26.0 Å². The summed E-state index contributed by atoms with van der Waals surface area (Å²) < 4.78 is 4.45. The lowest BCUT2D eigenvalue weighted by atomic mass is 10.2. The van der Waals surface area contributed by atoms with Crippen LogP contribution >= 0.6 is 11.8 Å². The summed E-state index contributed by atoms with van der Waals surface area (Å²) in [6, 6.07) is 0. The molecule has 20 heavy (non-hydrogen) atoms. The first-order valence-electron chi connectivity index (χ1n) is 5.98. The molecule has 0 saturated heterocycles. The van der Waals surface area contributed by atoms with Gasteiger partial charge in [0.1, 0.15) is 6.54 Å². The average Bonchev–Trinajstić information content (AvgIpc) is 2.38. The molecule has 0 aliphatic carbocycles. The molecule has 1 amide bonds. The zero-order valence-corrected chi connectivity index (χ0v) is 12.6. The van der Waals surface area contributed by atoms with Crippen LogP contribution in [-0.4, -0.2) is 58.9 Å². The number of hydrogen-bond acceptors (Lipinski definition) is 6. The van der Waals surface area contributed by atoms with Crippen LogP contribution < -0.4 is 0 Å². The highest BCUT2D eigenvalue weighted by molar-refractivity contribution is 8.13. The number of nitrogens with zero attached hydrogens (tertiary/aromatic N) is 1. The number of ether oxygens (including phenoxy) is 1. The zero-order chi connectivity index (χ0) is 15.7. The van der Waals surface area contributed by atoms with Crippen LogP contribution in [0.1, 0.15) is 20.3 Å². The lowest BCUT2D eigenvalue weighted by Crippen LogP contribution is -2.41. The van der Waals surface area contributed by atoms with Crippen LogP contribution in [0.15, 0.2) is 0 Å². The molecule has 1 atom stereocenters. The van der Waals surface area contributed by atoms with E-state index in [1.807, 2.05) is 0 Å². The van der Waals surface area contributed by atoms with Crippen LogP contribution in [0.2, 0.25) is 0 Å². The maximum absolute atomic E-state index is 12.1. The van der Waals surface area contributed by atoms with E-state index in [9.17, 15) is 19.2 Å². The summed E-state index contributed by atoms with van der Waals surface area (Å²) in [6.07, 6.45) is -0.0674. The van der Waals surface area contributed by atoms with E-state index in [1.54, 1.807) is 6.92 Å². The van der Waals surface area contributed by atoms with Gasteiger partial charge in [0.2, 0.25) is 5.91 Å². The highest BCUT2D eigenvalue weighted by Gasteiger charge is 2.23. The SMILES string of the molecule is COC(=O)CCN(CC(=O)O)C(=O)C(C)CSC(C)=O. The first-order valence-corrected chi connectivity index (χ1v) is 6.97. The van der Waals surface area contributed by atoms with Crippen molar-refractivity contribution in [3.8, 4) is 0 Å². The number of hydrogen-bond donors (Lipinski definition) is 1. The summed E-state index contributed by atoms with van der Waals surface area (Å²) in [7, 11) is 1.22. The Morgan fingerprint density at radius 2 is 1.90 bits per heavy atom. The topological polar surface area (TPSA) is 101 Å². The van der Waals surface area contributed by atoms with E-state index in [4.69, 9.17) is 5.11 Å². The fourth-order valence-corrected chi connectivity index (χ4v) is 2.01. The standard InChI is InChI=1S/C12H19NO6S/c1-8(7-20-9(2)14)12(18)13(6-10(15)16)5-4-11(17)19-3/h8H,4-7H2,1-3H3,(H,15,16). The summed E-state index contributed by atoms with van der Waals surface area (Å²) >= 11 is 1.01. The highest BCUT2D eigenvalue weighted by Crippen LogP contribution is 2.12. The van der Waals surface area contributed by atoms with Crippen LogP contribution in [0, 0.1) is 5.92 Å². The second-order valence-electron chi connectivity index (χ2n) is 4.18. The van der Waals surface area contributed by atoms with Crippen LogP contribution in [-0.2, 0) is 23.9 Å². The molecule has 114 valence electrons. The van der Waals surface area contributed by atoms with Crippen LogP contribution in [0.3, 0.4) is 0 Å². The number of esters is 1. The minimum Gasteiger partial charge on any atom is -0.480 e. The molecule has 0 heterocycles. The number of rotatable bonds is 8. The molecule has 0 radical (unpaired) electrons. The van der Waals surface area contributed by atoms with Gasteiger partial charge in [-0.1, -0.05) is 18.7 Å². The molecule has 0 aliphatic rings. The highest BCUT2D eigenvalue weighted by atomic mass is 32.2. The van der Waals surface area contributed by atoms with E-state index in [0.717, 1.165) is 16.7 Å². The monoisotopic (exact) mass is 305 g/mol. The fraction of sp³-hybridized carbons (Fsp3) is 0.667. The summed E-state index contributed by atoms with van der Waals surface area (Å²) in [4.78, 5) is 45.8. The molecule has 0 aromatic carbocycles. The van der Waals surface area contributed by atoms with E-state index >= 15 is 0 Å². The van der Waals surface area contributed by atoms with Crippen molar-refractivity contribution in [3.63, 3.8) is 0 Å². The van der Waals surface area contributed by atoms with Gasteiger partial charge in [-0.3, -0.25) is 19.2 Å². The van der Waals surface area contributed by atoms with Crippen LogP contribution in [0.4, 0.5) is 0 Å². The first-order chi connectivity index (χ1) is 9.27. The Hall–Kier alpha value is -1.57. The van der Waals surface area contributed by atoms with Crippen molar-refractivity contribution in [3.05, 3.63) is 0 Å². The number of thioether (sulfide) groups is 1. The molecule has 0 aromatic heterocycles. The largest absolute Gasteiger partial charge is 0.480 e. The summed E-state index contributed by atoms with van der Waals surface area (Å²) in [5.41, 5.74) is 0. The molecule has 0 spiro atoms. The summed E-state index contributed by atoms with van der Waals surface area (Å²) in [5.74, 6) is -2.29. The minimum absolute atomic E-state index is 0.0209. The molecule has 0 aliphatic heterocycles. The van der Waals surface area contributed by atoms with Gasteiger partial charge in [-0.05, 0) is 0 Å². The molecule has 0 rings (SSSR count). The Morgan fingerprint density at radius 3 is 2.35 bits per heavy atom. The number of aliphatic carboxylic acids is 1. The van der Waals surface area contributed by atoms with Gasteiger partial charge >= 0.3 is 11.9 Å². The number of carbonyl (C=O) groups is 4. The molecule has 7 nitrogen and oxygen atoms in total. The van der Waals surface area contributed by atoms with E-state index in [-0.39, 0.29) is 23.8 Å². The van der Waals surface area contributed by atoms with Crippen molar-refractivity contribution in [2.45, 2.75) is 20.3 Å². The smallest absolute Gasteiger partial charge is 0.323 e. The van der Waals surface area contributed by atoms with E-state index in [1.165, 1.54) is 14.0 Å². The van der Waals surface area contributed by atoms with Gasteiger partial charge in [-0.15, -0.1) is 0 Å². The molecule has 0 bridgehead atoms. The van der Waals surface area contributed by atoms with Gasteiger partial charge in [0.25, 0.3) is 0 Å². The van der Waals surface area contributed by atoms with E-state index < -0.39 is 30.3 Å². The van der Waals surface area contributed by atoms with Crippen molar-refractivity contribution in [1.29, 1.82) is 0 Å². The molecule has 8 heteroatoms. The predicted molar refractivity (Wildman–Crippen MR) is 73.2 cm³/mol. The molecule has 1 unspecified atom stereocenters. The molecule has 0 fully saturated rings. The van der Waals surface area contributed by atoms with Crippen molar-refractivity contribution in [2.24, 2.45) is 5.92 Å². The number of carbonyl (C=O) groups excluding carboxylic acids is 3. The normalized spacial score (nSPS) is 11.6. The number of carboxylic acids is 1. The van der Waals surface area contributed by atoms with Gasteiger partial charge in [0.05, 0.1) is 13.5 Å². The third kappa shape index (κ3) is 7.78. The second-order valence-corrected chi connectivity index (χ2v) is 5.38. The van der Waals surface area contributed by atoms with E-state index in [2.05, 4.69) is 4.74 Å². The molecular formula is C12H19NO6S. The Balaban J connectivity index is 4.57. The number of carboxylic acid groups (broad SMARTS) is 1. The zero-order valence-electron chi connectivity index (χ0n) is 11.7. The quantitative estimate of drug-likeness (QED) is 0.647. The van der Waals surface area contributed by atoms with Gasteiger partial charge in [0, 0.05) is 25.1 Å². The lowest BCUT2D eigenvalue weighted by molar-refractivity contribution is -0.148. The van der Waals surface area contributed by atoms with Crippen LogP contribution in [0.25, 0.3) is 0 Å². The fourth-order valence-electron chi connectivity index (χ4n) is 1.38. The lowest BCUT2D eigenvalue weighted by Gasteiger charge is -2.23. The Bertz CT molecular complexity index is 384. The van der Waals surface area contributed by atoms with Crippen molar-refractivity contribution >= 4 is 34.7 Å². The number of methoxy groups -OCH3 is 1. The minimum atomic E-state index is -1.16. The maximum atomic E-state index is 12.1. The molecular weight excluding hydrogens is 286 g/mol. The Labute approximate surface area is 121 Å². The average molecular weight is 305 g/mol. The Kier molecular flexibility index (Phi) is 8.62. The predicted octanol–water partition coefficient (Wildman–Crippen LogP) is 0.378. The third-order valence-electron chi connectivity index (χ3n) is 2.41. The molecule has 0 aromatic rings. The first kappa shape index (κ1) is 18.4. The van der Waals surface area contributed by atoms with Gasteiger partial charge in [-0.25, -0.2) is 0 Å². The van der Waals surface area contributed by atoms with Crippen molar-refractivity contribution in [1.82, 2.24) is 4.90 Å². The van der Waals surface area contributed by atoms with Crippen LogP contribution in [0.5, 0.6) is 0 Å². The Morgan fingerprint density at radius 1 is 1.30 bits per heavy atom. The van der Waals surface area contributed by atoms with Gasteiger partial charge < -0.3 is 14.7 Å². The van der Waals surface area contributed by atoms with Crippen molar-refractivity contribution < 1.29 is 29.0 Å². The second kappa shape index (κ2) is 9.35. The molecule has 1 N–H and O–H groups in total. The van der Waals surface area contributed by atoms with E-state index in [0.29, 0.717) is 0 Å². The molecule has 0 saturated carbocycles. The van der Waals surface area contributed by atoms with Gasteiger partial charge in [-0.2, -0.15) is 0 Å². The third-order valence-corrected chi connectivity index (χ3v) is 3.48. The number of amides is 1. The summed E-state index contributed by atoms with van der Waals surface area (Å²) in [5, 5.41) is 8.68. The maximum Gasteiger partial charge on any atom is 0.323 e.